The number of carbonyl (C=O) groups is 1. The van der Waals surface area contributed by atoms with E-state index < -0.39 is 21.7 Å². The van der Waals surface area contributed by atoms with Crippen molar-refractivity contribution in [3.8, 4) is 5.75 Å². The SMILES string of the molecule is CN(CC(=O)NCCOc1cccc(F)c1)S(=O)(=O)c1cccnc1. The summed E-state index contributed by atoms with van der Waals surface area (Å²) in [6.45, 7) is -0.0401. The van der Waals surface area contributed by atoms with Crippen LogP contribution in [0.15, 0.2) is 53.7 Å². The fraction of sp³-hybridized carbons (Fsp3) is 0.250. The van der Waals surface area contributed by atoms with Gasteiger partial charge >= 0.3 is 0 Å². The molecule has 1 aromatic heterocycles. The molecule has 9 heteroatoms. The van der Waals surface area contributed by atoms with Gasteiger partial charge in [-0.05, 0) is 24.3 Å². The van der Waals surface area contributed by atoms with Crippen molar-refractivity contribution in [2.75, 3.05) is 26.7 Å². The summed E-state index contributed by atoms with van der Waals surface area (Å²) < 4.78 is 43.7. The van der Waals surface area contributed by atoms with Gasteiger partial charge in [-0.25, -0.2) is 12.8 Å². The predicted molar refractivity (Wildman–Crippen MR) is 89.0 cm³/mol. The summed E-state index contributed by atoms with van der Waals surface area (Å²) in [5.41, 5.74) is 0. The highest BCUT2D eigenvalue weighted by Crippen LogP contribution is 2.12. The highest BCUT2D eigenvalue weighted by atomic mass is 32.2. The number of sulfonamides is 1. The summed E-state index contributed by atoms with van der Waals surface area (Å²) >= 11 is 0. The molecular formula is C16H18FN3O4S. The van der Waals surface area contributed by atoms with Crippen LogP contribution in [0.2, 0.25) is 0 Å². The fourth-order valence-electron chi connectivity index (χ4n) is 1.94. The molecule has 2 rings (SSSR count). The quantitative estimate of drug-likeness (QED) is 0.704. The number of nitrogens with zero attached hydrogens (tertiary/aromatic N) is 2. The Morgan fingerprint density at radius 1 is 1.32 bits per heavy atom. The van der Waals surface area contributed by atoms with Gasteiger partial charge in [0, 0.05) is 25.5 Å². The van der Waals surface area contributed by atoms with Crippen molar-refractivity contribution in [3.63, 3.8) is 0 Å². The number of pyridine rings is 1. The molecule has 0 saturated carbocycles. The first-order chi connectivity index (χ1) is 11.9. The van der Waals surface area contributed by atoms with Crippen molar-refractivity contribution in [2.45, 2.75) is 4.90 Å². The summed E-state index contributed by atoms with van der Waals surface area (Å²) in [4.78, 5) is 15.6. The minimum atomic E-state index is -3.78. The Bertz CT molecular complexity index is 815. The van der Waals surface area contributed by atoms with Crippen LogP contribution in [0.25, 0.3) is 0 Å². The maximum Gasteiger partial charge on any atom is 0.244 e. The molecule has 0 atom stereocenters. The molecular weight excluding hydrogens is 349 g/mol. The number of halogens is 1. The highest BCUT2D eigenvalue weighted by molar-refractivity contribution is 7.89. The van der Waals surface area contributed by atoms with Gasteiger partial charge in [-0.15, -0.1) is 0 Å². The van der Waals surface area contributed by atoms with E-state index in [0.29, 0.717) is 5.75 Å². The van der Waals surface area contributed by atoms with Crippen LogP contribution in [0.3, 0.4) is 0 Å². The molecule has 2 aromatic rings. The lowest BCUT2D eigenvalue weighted by Gasteiger charge is -2.16. The first kappa shape index (κ1) is 18.8. The summed E-state index contributed by atoms with van der Waals surface area (Å²) in [6, 6.07) is 8.55. The van der Waals surface area contributed by atoms with Crippen LogP contribution in [0, 0.1) is 5.82 Å². The molecule has 1 heterocycles. The van der Waals surface area contributed by atoms with E-state index in [2.05, 4.69) is 10.3 Å². The van der Waals surface area contributed by atoms with Gasteiger partial charge in [-0.1, -0.05) is 6.07 Å². The third kappa shape index (κ3) is 5.50. The van der Waals surface area contributed by atoms with Crippen molar-refractivity contribution < 1.29 is 22.3 Å². The number of hydrogen-bond acceptors (Lipinski definition) is 5. The average molecular weight is 367 g/mol. The molecule has 0 saturated heterocycles. The average Bonchev–Trinajstić information content (AvgIpc) is 2.59. The van der Waals surface area contributed by atoms with Crippen molar-refractivity contribution in [1.29, 1.82) is 0 Å². The van der Waals surface area contributed by atoms with Crippen molar-refractivity contribution in [1.82, 2.24) is 14.6 Å². The lowest BCUT2D eigenvalue weighted by molar-refractivity contribution is -0.121. The van der Waals surface area contributed by atoms with Crippen LogP contribution in [-0.2, 0) is 14.8 Å². The van der Waals surface area contributed by atoms with Gasteiger partial charge in [0.15, 0.2) is 0 Å². The second-order valence-electron chi connectivity index (χ2n) is 5.11. The van der Waals surface area contributed by atoms with Crippen LogP contribution in [-0.4, -0.2) is 50.4 Å². The third-order valence-corrected chi connectivity index (χ3v) is 4.98. The lowest BCUT2D eigenvalue weighted by atomic mass is 10.3. The fourth-order valence-corrected chi connectivity index (χ4v) is 3.03. The van der Waals surface area contributed by atoms with Gasteiger partial charge in [0.2, 0.25) is 15.9 Å². The van der Waals surface area contributed by atoms with E-state index in [1.54, 1.807) is 6.07 Å². The van der Waals surface area contributed by atoms with Crippen molar-refractivity contribution in [3.05, 3.63) is 54.6 Å². The van der Waals surface area contributed by atoms with E-state index in [0.717, 1.165) is 4.31 Å². The standard InChI is InChI=1S/C16H18FN3O4S/c1-20(25(22,23)15-6-3-7-18-11-15)12-16(21)19-8-9-24-14-5-2-4-13(17)10-14/h2-7,10-11H,8-9,12H2,1H3,(H,19,21). The van der Waals surface area contributed by atoms with Crippen LogP contribution in [0.1, 0.15) is 0 Å². The molecule has 0 radical (unpaired) electrons. The van der Waals surface area contributed by atoms with Crippen molar-refractivity contribution in [2.24, 2.45) is 0 Å². The molecule has 25 heavy (non-hydrogen) atoms. The number of carbonyl (C=O) groups excluding carboxylic acids is 1. The number of amides is 1. The Morgan fingerprint density at radius 2 is 2.12 bits per heavy atom. The lowest BCUT2D eigenvalue weighted by Crippen LogP contribution is -2.39. The molecule has 1 aromatic carbocycles. The largest absolute Gasteiger partial charge is 0.492 e. The monoisotopic (exact) mass is 367 g/mol. The Morgan fingerprint density at radius 3 is 2.80 bits per heavy atom. The second-order valence-corrected chi connectivity index (χ2v) is 7.15. The summed E-state index contributed by atoms with van der Waals surface area (Å²) in [5.74, 6) is -0.535. The summed E-state index contributed by atoms with van der Waals surface area (Å²) in [5, 5.41) is 2.54. The molecule has 0 unspecified atom stereocenters. The number of rotatable bonds is 8. The van der Waals surface area contributed by atoms with Gasteiger partial charge in [0.1, 0.15) is 23.1 Å². The van der Waals surface area contributed by atoms with E-state index in [9.17, 15) is 17.6 Å². The smallest absolute Gasteiger partial charge is 0.244 e. The van der Waals surface area contributed by atoms with Gasteiger partial charge in [-0.2, -0.15) is 4.31 Å². The number of likely N-dealkylation sites (N-methyl/N-ethyl adjacent to an activating group) is 1. The maximum absolute atomic E-state index is 13.0. The van der Waals surface area contributed by atoms with Gasteiger partial charge in [0.25, 0.3) is 0 Å². The van der Waals surface area contributed by atoms with Gasteiger partial charge in [-0.3, -0.25) is 9.78 Å². The van der Waals surface area contributed by atoms with Gasteiger partial charge in [0.05, 0.1) is 13.1 Å². The van der Waals surface area contributed by atoms with E-state index >= 15 is 0 Å². The third-order valence-electron chi connectivity index (χ3n) is 3.20. The van der Waals surface area contributed by atoms with Crippen LogP contribution >= 0.6 is 0 Å². The molecule has 1 N–H and O–H groups in total. The van der Waals surface area contributed by atoms with E-state index in [1.807, 2.05) is 0 Å². The molecule has 134 valence electrons. The normalized spacial score (nSPS) is 11.3. The molecule has 0 fully saturated rings. The maximum atomic E-state index is 13.0. The Balaban J connectivity index is 1.78. The number of aromatic nitrogens is 1. The summed E-state index contributed by atoms with van der Waals surface area (Å²) in [6.07, 6.45) is 2.68. The number of nitrogens with one attached hydrogen (secondary N) is 1. The van der Waals surface area contributed by atoms with Crippen LogP contribution in [0.4, 0.5) is 4.39 Å². The Kier molecular flexibility index (Phi) is 6.43. The topological polar surface area (TPSA) is 88.6 Å². The van der Waals surface area contributed by atoms with Crippen molar-refractivity contribution >= 4 is 15.9 Å². The molecule has 7 nitrogen and oxygen atoms in total. The first-order valence-electron chi connectivity index (χ1n) is 7.41. The van der Waals surface area contributed by atoms with Crippen LogP contribution < -0.4 is 10.1 Å². The minimum Gasteiger partial charge on any atom is -0.492 e. The Hall–Kier alpha value is -2.52. The molecule has 0 aliphatic carbocycles. The van der Waals surface area contributed by atoms with Gasteiger partial charge < -0.3 is 10.1 Å². The molecule has 1 amide bonds. The number of hydrogen-bond donors (Lipinski definition) is 1. The number of ether oxygens (including phenoxy) is 1. The highest BCUT2D eigenvalue weighted by Gasteiger charge is 2.22. The second kappa shape index (κ2) is 8.54. The van der Waals surface area contributed by atoms with E-state index in [4.69, 9.17) is 4.74 Å². The van der Waals surface area contributed by atoms with E-state index in [1.165, 1.54) is 49.8 Å². The summed E-state index contributed by atoms with van der Waals surface area (Å²) in [7, 11) is -2.46. The molecule has 0 aliphatic rings. The first-order valence-corrected chi connectivity index (χ1v) is 8.85. The zero-order valence-corrected chi connectivity index (χ0v) is 14.4. The number of benzene rings is 1. The molecule has 0 spiro atoms. The molecule has 0 bridgehead atoms. The van der Waals surface area contributed by atoms with Crippen LogP contribution in [0.5, 0.6) is 5.75 Å². The minimum absolute atomic E-state index is 0.0136. The zero-order chi connectivity index (χ0) is 18.3. The predicted octanol–water partition coefficient (Wildman–Crippen LogP) is 1.04. The Labute approximate surface area is 145 Å². The van der Waals surface area contributed by atoms with E-state index in [-0.39, 0.29) is 24.6 Å². The zero-order valence-electron chi connectivity index (χ0n) is 13.6. The molecule has 0 aliphatic heterocycles.